The molecular weight excluding hydrogens is 453 g/mol. The van der Waals surface area contributed by atoms with Crippen molar-refractivity contribution in [2.24, 2.45) is 10.8 Å². The molecule has 2 bridgehead atoms. The van der Waals surface area contributed by atoms with Crippen LogP contribution in [0, 0.1) is 24.5 Å². The number of rotatable bonds is 4. The van der Waals surface area contributed by atoms with Gasteiger partial charge in [-0.2, -0.15) is 0 Å². The maximum absolute atomic E-state index is 13.0. The molecule has 3 atom stereocenters. The standard InChI is InChI=1S/C18H20INO6/c1-10(12-6-5-11(19)9-13(12)20(23)24)25-15(22)18-8-7-17(4,14(21)26-18)16(18,2)3/h5-6,9-10H,7-8H2,1-4H3/t10-,17-,18+/m0/s1. The van der Waals surface area contributed by atoms with Crippen LogP contribution in [-0.4, -0.2) is 22.5 Å². The molecule has 0 N–H and O–H groups in total. The monoisotopic (exact) mass is 473 g/mol. The Labute approximate surface area is 164 Å². The van der Waals surface area contributed by atoms with E-state index in [0.29, 0.717) is 22.0 Å². The number of hydrogen-bond donors (Lipinski definition) is 0. The molecule has 140 valence electrons. The van der Waals surface area contributed by atoms with Gasteiger partial charge in [0.2, 0.25) is 5.60 Å². The summed E-state index contributed by atoms with van der Waals surface area (Å²) in [6.07, 6.45) is 0.102. The average molecular weight is 473 g/mol. The highest BCUT2D eigenvalue weighted by molar-refractivity contribution is 14.1. The molecule has 1 saturated carbocycles. The number of esters is 2. The zero-order valence-electron chi connectivity index (χ0n) is 15.0. The van der Waals surface area contributed by atoms with E-state index < -0.39 is 39.4 Å². The van der Waals surface area contributed by atoms with Crippen molar-refractivity contribution in [1.82, 2.24) is 0 Å². The molecule has 0 radical (unpaired) electrons. The molecule has 1 aliphatic heterocycles. The molecule has 0 unspecified atom stereocenters. The Morgan fingerprint density at radius 2 is 2.00 bits per heavy atom. The van der Waals surface area contributed by atoms with Gasteiger partial charge in [-0.3, -0.25) is 14.9 Å². The number of nitro benzene ring substituents is 1. The largest absolute Gasteiger partial charge is 0.455 e. The lowest BCUT2D eigenvalue weighted by molar-refractivity contribution is -0.386. The third-order valence-electron chi connectivity index (χ3n) is 6.32. The molecular formula is C18H20INO6. The lowest BCUT2D eigenvalue weighted by Crippen LogP contribution is -2.49. The van der Waals surface area contributed by atoms with Crippen LogP contribution >= 0.6 is 22.6 Å². The van der Waals surface area contributed by atoms with E-state index in [-0.39, 0.29) is 5.69 Å². The minimum absolute atomic E-state index is 0.103. The minimum atomic E-state index is -1.34. The van der Waals surface area contributed by atoms with Crippen LogP contribution in [0.15, 0.2) is 18.2 Å². The Bertz CT molecular complexity index is 822. The molecule has 7 nitrogen and oxygen atoms in total. The predicted molar refractivity (Wildman–Crippen MR) is 100 cm³/mol. The minimum Gasteiger partial charge on any atom is -0.455 e. The Morgan fingerprint density at radius 3 is 2.50 bits per heavy atom. The van der Waals surface area contributed by atoms with Gasteiger partial charge in [-0.1, -0.05) is 13.8 Å². The normalized spacial score (nSPS) is 30.0. The van der Waals surface area contributed by atoms with E-state index in [1.165, 1.54) is 6.07 Å². The molecule has 1 saturated heterocycles. The number of nitrogens with zero attached hydrogens (tertiary/aromatic N) is 1. The van der Waals surface area contributed by atoms with E-state index in [0.717, 1.165) is 0 Å². The van der Waals surface area contributed by atoms with Crippen molar-refractivity contribution >= 4 is 40.2 Å². The summed E-state index contributed by atoms with van der Waals surface area (Å²) in [7, 11) is 0. The highest BCUT2D eigenvalue weighted by atomic mass is 127. The smallest absolute Gasteiger partial charge is 0.351 e. The number of halogens is 1. The molecule has 2 fully saturated rings. The van der Waals surface area contributed by atoms with E-state index in [2.05, 4.69) is 0 Å². The zero-order valence-corrected chi connectivity index (χ0v) is 17.2. The van der Waals surface area contributed by atoms with Crippen molar-refractivity contribution in [2.75, 3.05) is 0 Å². The quantitative estimate of drug-likeness (QED) is 0.285. The summed E-state index contributed by atoms with van der Waals surface area (Å²) in [4.78, 5) is 36.1. The van der Waals surface area contributed by atoms with Crippen LogP contribution in [0.4, 0.5) is 5.69 Å². The second kappa shape index (κ2) is 5.90. The number of carbonyl (C=O) groups is 2. The van der Waals surface area contributed by atoms with Crippen LogP contribution in [0.2, 0.25) is 0 Å². The second-order valence-electron chi connectivity index (χ2n) is 7.68. The van der Waals surface area contributed by atoms with Gasteiger partial charge in [-0.05, 0) is 61.4 Å². The SMILES string of the molecule is C[C@H](OC(=O)[C@@]12CC[C@@](C)(C(=O)O1)C2(C)C)c1ccc(I)cc1[N+](=O)[O-]. The number of benzene rings is 1. The summed E-state index contributed by atoms with van der Waals surface area (Å²) in [5, 5.41) is 11.3. The van der Waals surface area contributed by atoms with E-state index in [9.17, 15) is 19.7 Å². The molecule has 3 rings (SSSR count). The van der Waals surface area contributed by atoms with Gasteiger partial charge >= 0.3 is 11.9 Å². The van der Waals surface area contributed by atoms with Crippen LogP contribution in [0.3, 0.4) is 0 Å². The fourth-order valence-corrected chi connectivity index (χ4v) is 4.51. The zero-order chi connectivity index (χ0) is 19.5. The van der Waals surface area contributed by atoms with Crippen molar-refractivity contribution in [2.45, 2.75) is 52.2 Å². The van der Waals surface area contributed by atoms with Gasteiger partial charge in [0.25, 0.3) is 5.69 Å². The Morgan fingerprint density at radius 1 is 1.35 bits per heavy atom. The van der Waals surface area contributed by atoms with Gasteiger partial charge in [0, 0.05) is 15.1 Å². The number of carbonyl (C=O) groups excluding carboxylic acids is 2. The van der Waals surface area contributed by atoms with E-state index >= 15 is 0 Å². The van der Waals surface area contributed by atoms with Gasteiger partial charge < -0.3 is 9.47 Å². The summed E-state index contributed by atoms with van der Waals surface area (Å²) >= 11 is 1.99. The molecule has 1 aliphatic carbocycles. The van der Waals surface area contributed by atoms with E-state index in [1.54, 1.807) is 19.1 Å². The number of fused-ring (bicyclic) bond motifs is 2. The van der Waals surface area contributed by atoms with Crippen LogP contribution in [0.25, 0.3) is 0 Å². The van der Waals surface area contributed by atoms with Crippen LogP contribution < -0.4 is 0 Å². The highest BCUT2D eigenvalue weighted by Gasteiger charge is 2.76. The van der Waals surface area contributed by atoms with Crippen LogP contribution in [-0.2, 0) is 19.1 Å². The lowest BCUT2D eigenvalue weighted by Gasteiger charge is -2.35. The van der Waals surface area contributed by atoms with Gasteiger partial charge in [-0.25, -0.2) is 4.79 Å². The van der Waals surface area contributed by atoms with E-state index in [1.807, 2.05) is 43.4 Å². The summed E-state index contributed by atoms with van der Waals surface area (Å²) in [5.74, 6) is -1.03. The third-order valence-corrected chi connectivity index (χ3v) is 7.00. The van der Waals surface area contributed by atoms with Gasteiger partial charge in [0.15, 0.2) is 0 Å². The summed E-state index contributed by atoms with van der Waals surface area (Å²) in [6.45, 7) is 7.07. The van der Waals surface area contributed by atoms with Crippen LogP contribution in [0.5, 0.6) is 0 Å². The molecule has 2 aliphatic rings. The maximum atomic E-state index is 13.0. The van der Waals surface area contributed by atoms with Gasteiger partial charge in [0.1, 0.15) is 6.10 Å². The fraction of sp³-hybridized carbons (Fsp3) is 0.556. The van der Waals surface area contributed by atoms with E-state index in [4.69, 9.17) is 9.47 Å². The molecule has 0 spiro atoms. The van der Waals surface area contributed by atoms with Gasteiger partial charge in [0.05, 0.1) is 15.9 Å². The number of ether oxygens (including phenoxy) is 2. The topological polar surface area (TPSA) is 95.7 Å². The Hall–Kier alpha value is -1.71. The summed E-state index contributed by atoms with van der Waals surface area (Å²) in [5.41, 5.74) is -2.59. The molecule has 1 aromatic carbocycles. The Kier molecular flexibility index (Phi) is 4.33. The third kappa shape index (κ3) is 2.37. The Balaban J connectivity index is 1.90. The number of nitro groups is 1. The first-order chi connectivity index (χ1) is 12.0. The lowest BCUT2D eigenvalue weighted by atomic mass is 9.66. The summed E-state index contributed by atoms with van der Waals surface area (Å²) < 4.78 is 11.8. The van der Waals surface area contributed by atoms with Gasteiger partial charge in [-0.15, -0.1) is 0 Å². The first-order valence-corrected chi connectivity index (χ1v) is 9.42. The average Bonchev–Trinajstić information content (AvgIpc) is 2.84. The summed E-state index contributed by atoms with van der Waals surface area (Å²) in [6, 6.07) is 4.74. The predicted octanol–water partition coefficient (Wildman–Crippen LogP) is 3.93. The molecule has 1 aromatic rings. The molecule has 0 amide bonds. The van der Waals surface area contributed by atoms with Crippen LogP contribution in [0.1, 0.15) is 52.2 Å². The molecule has 8 heteroatoms. The van der Waals surface area contributed by atoms with Crippen molar-refractivity contribution in [3.8, 4) is 0 Å². The molecule has 0 aromatic heterocycles. The first-order valence-electron chi connectivity index (χ1n) is 8.35. The fourth-order valence-electron chi connectivity index (χ4n) is 4.04. The van der Waals surface area contributed by atoms with Crippen molar-refractivity contribution in [3.05, 3.63) is 37.4 Å². The number of hydrogen-bond acceptors (Lipinski definition) is 6. The van der Waals surface area contributed by atoms with Crippen molar-refractivity contribution in [3.63, 3.8) is 0 Å². The maximum Gasteiger partial charge on any atom is 0.351 e. The van der Waals surface area contributed by atoms with Crippen molar-refractivity contribution < 1.29 is 24.0 Å². The molecule has 1 heterocycles. The molecule has 26 heavy (non-hydrogen) atoms. The highest BCUT2D eigenvalue weighted by Crippen LogP contribution is 2.66. The van der Waals surface area contributed by atoms with Crippen molar-refractivity contribution in [1.29, 1.82) is 0 Å². The second-order valence-corrected chi connectivity index (χ2v) is 8.93. The first kappa shape index (κ1) is 19.1.